The average Bonchev–Trinajstić information content (AvgIpc) is 2.68. The van der Waals surface area contributed by atoms with Crippen molar-refractivity contribution >= 4 is 33.9 Å². The second-order valence-electron chi connectivity index (χ2n) is 6.15. The van der Waals surface area contributed by atoms with Gasteiger partial charge in [-0.05, 0) is 73.5 Å². The van der Waals surface area contributed by atoms with Crippen LogP contribution < -0.4 is 5.32 Å². The largest absolute Gasteiger partial charge is 0.308 e. The van der Waals surface area contributed by atoms with Crippen LogP contribution >= 0.6 is 33.9 Å². The molecule has 0 aromatic carbocycles. The van der Waals surface area contributed by atoms with Crippen LogP contribution in [0.2, 0.25) is 0 Å². The van der Waals surface area contributed by atoms with E-state index in [1.165, 1.54) is 22.1 Å². The van der Waals surface area contributed by atoms with E-state index in [2.05, 4.69) is 66.8 Å². The van der Waals surface area contributed by atoms with Crippen LogP contribution in [0.15, 0.2) is 6.07 Å². The van der Waals surface area contributed by atoms with E-state index >= 15 is 0 Å². The minimum atomic E-state index is 0.566. The number of hydrogen-bond acceptors (Lipinski definition) is 3. The van der Waals surface area contributed by atoms with Crippen LogP contribution in [0, 0.1) is 8.80 Å². The van der Waals surface area contributed by atoms with Gasteiger partial charge in [0.15, 0.2) is 0 Å². The van der Waals surface area contributed by atoms with Gasteiger partial charge in [-0.3, -0.25) is 0 Å². The Morgan fingerprint density at radius 3 is 2.84 bits per heavy atom. The molecule has 1 N–H and O–H groups in total. The molecule has 2 nitrogen and oxygen atoms in total. The molecule has 2 unspecified atom stereocenters. The summed E-state index contributed by atoms with van der Waals surface area (Å²) in [6.07, 6.45) is 3.89. The number of aryl methyl sites for hydroxylation is 1. The first kappa shape index (κ1) is 15.7. The number of nitrogens with one attached hydrogen (secondary N) is 1. The van der Waals surface area contributed by atoms with Gasteiger partial charge in [-0.25, -0.2) is 0 Å². The second-order valence-corrected chi connectivity index (χ2v) is 9.18. The molecule has 0 amide bonds. The van der Waals surface area contributed by atoms with Crippen molar-refractivity contribution in [3.63, 3.8) is 0 Å². The fraction of sp³-hybridized carbons (Fsp3) is 0.733. The number of nitrogens with zero attached hydrogens (tertiary/aromatic N) is 1. The molecular formula is C15H25IN2S. The number of rotatable bonds is 5. The van der Waals surface area contributed by atoms with Gasteiger partial charge in [0.25, 0.3) is 0 Å². The summed E-state index contributed by atoms with van der Waals surface area (Å²) < 4.78 is 1.44. The van der Waals surface area contributed by atoms with E-state index in [0.29, 0.717) is 18.0 Å². The van der Waals surface area contributed by atoms with Crippen molar-refractivity contribution in [2.75, 3.05) is 20.6 Å². The standard InChI is InChI=1S/C15H25IN2S/c1-10(2)13(9-18(3)4)17-12-6-5-7-14-11(12)8-15(16)19-14/h8,10,12-13,17H,5-7,9H2,1-4H3. The molecule has 0 radical (unpaired) electrons. The molecule has 2 rings (SSSR count). The van der Waals surface area contributed by atoms with Crippen molar-refractivity contribution in [2.24, 2.45) is 5.92 Å². The van der Waals surface area contributed by atoms with Crippen LogP contribution in [0.25, 0.3) is 0 Å². The van der Waals surface area contributed by atoms with Gasteiger partial charge in [0, 0.05) is 23.5 Å². The Morgan fingerprint density at radius 2 is 2.21 bits per heavy atom. The van der Waals surface area contributed by atoms with Gasteiger partial charge < -0.3 is 10.2 Å². The van der Waals surface area contributed by atoms with E-state index in [1.54, 1.807) is 10.4 Å². The fourth-order valence-electron chi connectivity index (χ4n) is 2.80. The molecule has 4 heteroatoms. The zero-order valence-electron chi connectivity index (χ0n) is 12.4. The van der Waals surface area contributed by atoms with Crippen LogP contribution in [0.4, 0.5) is 0 Å². The topological polar surface area (TPSA) is 15.3 Å². The van der Waals surface area contributed by atoms with Crippen molar-refractivity contribution in [3.05, 3.63) is 19.4 Å². The molecule has 108 valence electrons. The molecule has 0 aliphatic heterocycles. The molecule has 1 aliphatic carbocycles. The lowest BCUT2D eigenvalue weighted by Gasteiger charge is -2.32. The molecule has 1 heterocycles. The molecule has 0 bridgehead atoms. The minimum absolute atomic E-state index is 0.566. The van der Waals surface area contributed by atoms with Crippen molar-refractivity contribution in [3.8, 4) is 0 Å². The van der Waals surface area contributed by atoms with Gasteiger partial charge in [-0.15, -0.1) is 11.3 Å². The lowest BCUT2D eigenvalue weighted by Crippen LogP contribution is -2.44. The lowest BCUT2D eigenvalue weighted by molar-refractivity contribution is 0.261. The molecule has 2 atom stereocenters. The Kier molecular flexibility index (Phi) is 5.69. The van der Waals surface area contributed by atoms with E-state index in [9.17, 15) is 0 Å². The monoisotopic (exact) mass is 392 g/mol. The van der Waals surface area contributed by atoms with Crippen molar-refractivity contribution in [2.45, 2.75) is 45.2 Å². The van der Waals surface area contributed by atoms with Gasteiger partial charge in [0.2, 0.25) is 0 Å². The molecule has 1 aromatic heterocycles. The molecule has 19 heavy (non-hydrogen) atoms. The Bertz CT molecular complexity index is 414. The second kappa shape index (κ2) is 6.87. The molecule has 0 saturated heterocycles. The third kappa shape index (κ3) is 4.16. The summed E-state index contributed by atoms with van der Waals surface area (Å²) in [6.45, 7) is 5.76. The van der Waals surface area contributed by atoms with Crippen molar-refractivity contribution in [1.29, 1.82) is 0 Å². The van der Waals surface area contributed by atoms with Crippen LogP contribution in [0.1, 0.15) is 43.2 Å². The molecule has 1 aromatic rings. The number of fused-ring (bicyclic) bond motifs is 1. The summed E-state index contributed by atoms with van der Waals surface area (Å²) in [7, 11) is 4.33. The van der Waals surface area contributed by atoms with Gasteiger partial charge in [-0.2, -0.15) is 0 Å². The van der Waals surface area contributed by atoms with Crippen LogP contribution in [-0.4, -0.2) is 31.6 Å². The van der Waals surface area contributed by atoms with E-state index < -0.39 is 0 Å². The smallest absolute Gasteiger partial charge is 0.0659 e. The zero-order valence-corrected chi connectivity index (χ0v) is 15.3. The molecule has 0 spiro atoms. The van der Waals surface area contributed by atoms with Crippen molar-refractivity contribution < 1.29 is 0 Å². The Balaban J connectivity index is 2.09. The quantitative estimate of drug-likeness (QED) is 0.765. The first-order valence-electron chi connectivity index (χ1n) is 7.16. The SMILES string of the molecule is CC(C)C(CN(C)C)NC1CCCc2sc(I)cc21. The molecule has 1 aliphatic rings. The van der Waals surface area contributed by atoms with Crippen LogP contribution in [0.5, 0.6) is 0 Å². The third-order valence-electron chi connectivity index (χ3n) is 3.87. The lowest BCUT2D eigenvalue weighted by atomic mass is 9.92. The zero-order chi connectivity index (χ0) is 14.0. The predicted octanol–water partition coefficient (Wildman–Crippen LogP) is 3.91. The van der Waals surface area contributed by atoms with Gasteiger partial charge in [-0.1, -0.05) is 13.8 Å². The predicted molar refractivity (Wildman–Crippen MR) is 93.0 cm³/mol. The molecule has 0 saturated carbocycles. The highest BCUT2D eigenvalue weighted by atomic mass is 127. The minimum Gasteiger partial charge on any atom is -0.308 e. The van der Waals surface area contributed by atoms with Crippen LogP contribution in [0.3, 0.4) is 0 Å². The number of likely N-dealkylation sites (N-methyl/N-ethyl adjacent to an activating group) is 1. The summed E-state index contributed by atoms with van der Waals surface area (Å²) >= 11 is 4.44. The Hall–Kier alpha value is 0.350. The first-order chi connectivity index (χ1) is 8.97. The summed E-state index contributed by atoms with van der Waals surface area (Å²) in [4.78, 5) is 3.90. The number of halogens is 1. The normalized spacial score (nSPS) is 20.9. The summed E-state index contributed by atoms with van der Waals surface area (Å²) in [5.74, 6) is 0.672. The Morgan fingerprint density at radius 1 is 1.47 bits per heavy atom. The fourth-order valence-corrected chi connectivity index (χ4v) is 4.92. The maximum absolute atomic E-state index is 3.92. The Labute approximate surface area is 135 Å². The van der Waals surface area contributed by atoms with E-state index in [1.807, 2.05) is 11.3 Å². The van der Waals surface area contributed by atoms with E-state index in [-0.39, 0.29) is 0 Å². The molecule has 0 fully saturated rings. The highest BCUT2D eigenvalue weighted by molar-refractivity contribution is 14.1. The highest BCUT2D eigenvalue weighted by Crippen LogP contribution is 2.36. The summed E-state index contributed by atoms with van der Waals surface area (Å²) in [5.41, 5.74) is 1.57. The average molecular weight is 392 g/mol. The maximum Gasteiger partial charge on any atom is 0.0659 e. The highest BCUT2D eigenvalue weighted by Gasteiger charge is 2.26. The van der Waals surface area contributed by atoms with Gasteiger partial charge >= 0.3 is 0 Å². The van der Waals surface area contributed by atoms with Crippen molar-refractivity contribution in [1.82, 2.24) is 10.2 Å². The number of hydrogen-bond donors (Lipinski definition) is 1. The molecular weight excluding hydrogens is 367 g/mol. The number of thiophene rings is 1. The van der Waals surface area contributed by atoms with E-state index in [4.69, 9.17) is 0 Å². The third-order valence-corrected chi connectivity index (χ3v) is 5.84. The first-order valence-corrected chi connectivity index (χ1v) is 9.05. The maximum atomic E-state index is 3.92. The van der Waals surface area contributed by atoms with E-state index in [0.717, 1.165) is 6.54 Å². The summed E-state index contributed by atoms with van der Waals surface area (Å²) in [5, 5.41) is 3.92. The van der Waals surface area contributed by atoms with Gasteiger partial charge in [0.05, 0.1) is 2.88 Å². The summed E-state index contributed by atoms with van der Waals surface area (Å²) in [6, 6.07) is 3.53. The van der Waals surface area contributed by atoms with Crippen LogP contribution in [-0.2, 0) is 6.42 Å². The van der Waals surface area contributed by atoms with Gasteiger partial charge in [0.1, 0.15) is 0 Å².